The van der Waals surface area contributed by atoms with Gasteiger partial charge in [-0.1, -0.05) is 19.1 Å². The molecule has 0 heterocycles. The molecule has 0 saturated heterocycles. The van der Waals surface area contributed by atoms with Gasteiger partial charge >= 0.3 is 0 Å². The zero-order valence-corrected chi connectivity index (χ0v) is 11.0. The lowest BCUT2D eigenvalue weighted by atomic mass is 10.1. The van der Waals surface area contributed by atoms with Gasteiger partial charge < -0.3 is 10.6 Å². The molecule has 0 aliphatic carbocycles. The highest BCUT2D eigenvalue weighted by Crippen LogP contribution is 2.11. The van der Waals surface area contributed by atoms with E-state index in [4.69, 9.17) is 0 Å². The Kier molecular flexibility index (Phi) is 6.52. The van der Waals surface area contributed by atoms with Gasteiger partial charge in [-0.15, -0.1) is 0 Å². The molecule has 0 aliphatic heterocycles. The number of nitrogens with zero attached hydrogens (tertiary/aromatic N) is 1. The third kappa shape index (κ3) is 5.96. The molecule has 0 radical (unpaired) electrons. The smallest absolute Gasteiger partial charge is 0.269 e. The Balaban J connectivity index is 2.25. The van der Waals surface area contributed by atoms with Crippen LogP contribution in [0.2, 0.25) is 0 Å². The number of hydrogen-bond acceptors (Lipinski definition) is 4. The molecule has 0 spiro atoms. The van der Waals surface area contributed by atoms with Crippen LogP contribution >= 0.6 is 0 Å². The van der Waals surface area contributed by atoms with Crippen molar-refractivity contribution in [3.63, 3.8) is 0 Å². The van der Waals surface area contributed by atoms with Gasteiger partial charge in [0.2, 0.25) is 5.91 Å². The van der Waals surface area contributed by atoms with Gasteiger partial charge in [0.15, 0.2) is 0 Å². The number of nitro groups is 1. The average molecular weight is 265 g/mol. The zero-order chi connectivity index (χ0) is 14.1. The van der Waals surface area contributed by atoms with E-state index in [1.54, 1.807) is 12.1 Å². The highest BCUT2D eigenvalue weighted by atomic mass is 16.6. The van der Waals surface area contributed by atoms with Crippen molar-refractivity contribution >= 4 is 11.6 Å². The first-order valence-corrected chi connectivity index (χ1v) is 6.34. The minimum Gasteiger partial charge on any atom is -0.355 e. The highest BCUT2D eigenvalue weighted by Gasteiger charge is 2.04. The summed E-state index contributed by atoms with van der Waals surface area (Å²) < 4.78 is 0. The van der Waals surface area contributed by atoms with Gasteiger partial charge in [0.1, 0.15) is 0 Å². The number of nitrogens with one attached hydrogen (secondary N) is 2. The fourth-order valence-corrected chi connectivity index (χ4v) is 1.57. The van der Waals surface area contributed by atoms with E-state index in [1.165, 1.54) is 12.1 Å². The van der Waals surface area contributed by atoms with Crippen LogP contribution in [0.1, 0.15) is 18.9 Å². The standard InChI is InChI=1S/C13H19N3O3/c1-2-8-14-10-13(17)15-9-7-11-3-5-12(6-4-11)16(18)19/h3-6,14H,2,7-10H2,1H3,(H,15,17). The molecule has 0 fully saturated rings. The molecule has 0 bridgehead atoms. The Morgan fingerprint density at radius 2 is 1.95 bits per heavy atom. The summed E-state index contributed by atoms with van der Waals surface area (Å²) in [5.41, 5.74) is 1.05. The molecule has 0 saturated carbocycles. The van der Waals surface area contributed by atoms with Crippen LogP contribution in [0.4, 0.5) is 5.69 Å². The second-order valence-corrected chi connectivity index (χ2v) is 4.20. The van der Waals surface area contributed by atoms with E-state index in [0.717, 1.165) is 18.5 Å². The minimum atomic E-state index is -0.426. The number of amides is 1. The largest absolute Gasteiger partial charge is 0.355 e. The monoisotopic (exact) mass is 265 g/mol. The Bertz CT molecular complexity index is 418. The van der Waals surface area contributed by atoms with Crippen LogP contribution in [-0.2, 0) is 11.2 Å². The molecular weight excluding hydrogens is 246 g/mol. The molecule has 1 rings (SSSR count). The van der Waals surface area contributed by atoms with Gasteiger partial charge in [0.25, 0.3) is 5.69 Å². The van der Waals surface area contributed by atoms with Crippen molar-refractivity contribution in [1.29, 1.82) is 0 Å². The number of carbonyl (C=O) groups excluding carboxylic acids is 1. The van der Waals surface area contributed by atoms with Crippen LogP contribution in [0.25, 0.3) is 0 Å². The van der Waals surface area contributed by atoms with E-state index in [1.807, 2.05) is 6.92 Å². The van der Waals surface area contributed by atoms with E-state index in [9.17, 15) is 14.9 Å². The molecule has 0 atom stereocenters. The Labute approximate surface area is 112 Å². The SMILES string of the molecule is CCCNCC(=O)NCCc1ccc([N+](=O)[O-])cc1. The van der Waals surface area contributed by atoms with Crippen molar-refractivity contribution in [2.24, 2.45) is 0 Å². The van der Waals surface area contributed by atoms with Crippen molar-refractivity contribution < 1.29 is 9.72 Å². The third-order valence-electron chi connectivity index (χ3n) is 2.60. The van der Waals surface area contributed by atoms with Crippen molar-refractivity contribution in [2.45, 2.75) is 19.8 Å². The number of carbonyl (C=O) groups is 1. The molecule has 2 N–H and O–H groups in total. The summed E-state index contributed by atoms with van der Waals surface area (Å²) in [5.74, 6) is -0.0321. The van der Waals surface area contributed by atoms with Crippen LogP contribution in [0.5, 0.6) is 0 Å². The lowest BCUT2D eigenvalue weighted by molar-refractivity contribution is -0.384. The Morgan fingerprint density at radius 3 is 2.53 bits per heavy atom. The number of rotatable bonds is 8. The molecule has 104 valence electrons. The first-order valence-electron chi connectivity index (χ1n) is 6.34. The third-order valence-corrected chi connectivity index (χ3v) is 2.60. The number of benzene rings is 1. The van der Waals surface area contributed by atoms with Crippen LogP contribution in [0.3, 0.4) is 0 Å². The summed E-state index contributed by atoms with van der Waals surface area (Å²) in [6.45, 7) is 3.73. The van der Waals surface area contributed by atoms with Crippen molar-refractivity contribution in [3.8, 4) is 0 Å². The molecule has 0 aromatic heterocycles. The Morgan fingerprint density at radius 1 is 1.26 bits per heavy atom. The summed E-state index contributed by atoms with van der Waals surface area (Å²) in [7, 11) is 0. The number of hydrogen-bond donors (Lipinski definition) is 2. The first kappa shape index (κ1) is 15.1. The van der Waals surface area contributed by atoms with Gasteiger partial charge in [0.05, 0.1) is 11.5 Å². The predicted molar refractivity (Wildman–Crippen MR) is 73.0 cm³/mol. The van der Waals surface area contributed by atoms with Crippen molar-refractivity contribution in [2.75, 3.05) is 19.6 Å². The molecule has 1 aromatic carbocycles. The molecule has 1 amide bonds. The summed E-state index contributed by atoms with van der Waals surface area (Å²) in [6.07, 6.45) is 1.66. The number of nitro benzene ring substituents is 1. The summed E-state index contributed by atoms with van der Waals surface area (Å²) >= 11 is 0. The van der Waals surface area contributed by atoms with Gasteiger partial charge in [-0.2, -0.15) is 0 Å². The lowest BCUT2D eigenvalue weighted by Gasteiger charge is -2.06. The van der Waals surface area contributed by atoms with Gasteiger partial charge in [-0.05, 0) is 24.9 Å². The molecule has 6 nitrogen and oxygen atoms in total. The summed E-state index contributed by atoms with van der Waals surface area (Å²) in [5, 5.41) is 16.3. The maximum Gasteiger partial charge on any atom is 0.269 e. The van der Waals surface area contributed by atoms with E-state index in [0.29, 0.717) is 19.5 Å². The number of non-ortho nitro benzene ring substituents is 1. The molecule has 6 heteroatoms. The maximum atomic E-state index is 11.4. The van der Waals surface area contributed by atoms with E-state index >= 15 is 0 Å². The van der Waals surface area contributed by atoms with Crippen LogP contribution in [0, 0.1) is 10.1 Å². The average Bonchev–Trinajstić information content (AvgIpc) is 2.39. The fraction of sp³-hybridized carbons (Fsp3) is 0.462. The van der Waals surface area contributed by atoms with Gasteiger partial charge in [0, 0.05) is 18.7 Å². The predicted octanol–water partition coefficient (Wildman–Crippen LogP) is 1.25. The first-order chi connectivity index (χ1) is 9.13. The van der Waals surface area contributed by atoms with Gasteiger partial charge in [-0.25, -0.2) is 0 Å². The minimum absolute atomic E-state index is 0.0321. The van der Waals surface area contributed by atoms with Crippen LogP contribution in [0.15, 0.2) is 24.3 Å². The highest BCUT2D eigenvalue weighted by molar-refractivity contribution is 5.77. The molecule has 0 aliphatic rings. The van der Waals surface area contributed by atoms with Crippen molar-refractivity contribution in [3.05, 3.63) is 39.9 Å². The normalized spacial score (nSPS) is 10.2. The van der Waals surface area contributed by atoms with E-state index < -0.39 is 4.92 Å². The quantitative estimate of drug-likeness (QED) is 0.421. The summed E-state index contributed by atoms with van der Waals surface area (Å²) in [6, 6.07) is 6.36. The topological polar surface area (TPSA) is 84.3 Å². The van der Waals surface area contributed by atoms with E-state index in [-0.39, 0.29) is 11.6 Å². The fourth-order valence-electron chi connectivity index (χ4n) is 1.57. The zero-order valence-electron chi connectivity index (χ0n) is 11.0. The second-order valence-electron chi connectivity index (χ2n) is 4.20. The van der Waals surface area contributed by atoms with Crippen LogP contribution in [-0.4, -0.2) is 30.5 Å². The van der Waals surface area contributed by atoms with Crippen molar-refractivity contribution in [1.82, 2.24) is 10.6 Å². The molecule has 1 aromatic rings. The molecule has 19 heavy (non-hydrogen) atoms. The lowest BCUT2D eigenvalue weighted by Crippen LogP contribution is -2.35. The molecule has 0 unspecified atom stereocenters. The second kappa shape index (κ2) is 8.20. The van der Waals surface area contributed by atoms with Gasteiger partial charge in [-0.3, -0.25) is 14.9 Å². The Hall–Kier alpha value is -1.95. The summed E-state index contributed by atoms with van der Waals surface area (Å²) in [4.78, 5) is 21.4. The van der Waals surface area contributed by atoms with E-state index in [2.05, 4.69) is 10.6 Å². The van der Waals surface area contributed by atoms with Crippen LogP contribution < -0.4 is 10.6 Å². The molecular formula is C13H19N3O3. The maximum absolute atomic E-state index is 11.4.